The molecule has 0 fully saturated rings. The molecule has 0 aliphatic heterocycles. The Morgan fingerprint density at radius 2 is 1.81 bits per heavy atom. The van der Waals surface area contributed by atoms with Crippen molar-refractivity contribution in [2.24, 2.45) is 0 Å². The lowest BCUT2D eigenvalue weighted by Gasteiger charge is -2.04. The predicted molar refractivity (Wildman–Crippen MR) is 82.0 cm³/mol. The fraction of sp³-hybridized carbons (Fsp3) is 0.133. The average Bonchev–Trinajstić information content (AvgIpc) is 2.77. The van der Waals surface area contributed by atoms with Gasteiger partial charge in [0.05, 0.1) is 5.69 Å². The number of aromatic nitrogens is 3. The number of nitrogens with two attached hydrogens (primary N) is 1. The van der Waals surface area contributed by atoms with Crippen molar-refractivity contribution in [1.82, 2.24) is 15.0 Å². The van der Waals surface area contributed by atoms with Gasteiger partial charge in [0.25, 0.3) is 5.22 Å². The molecule has 106 valence electrons. The summed E-state index contributed by atoms with van der Waals surface area (Å²) >= 11 is 1.34. The smallest absolute Gasteiger partial charge is 0.262 e. The number of anilines is 1. The summed E-state index contributed by atoms with van der Waals surface area (Å²) in [6.07, 6.45) is 0. The molecule has 0 saturated heterocycles. The van der Waals surface area contributed by atoms with Gasteiger partial charge in [0.15, 0.2) is 5.82 Å². The highest BCUT2D eigenvalue weighted by Crippen LogP contribution is 2.29. The molecule has 0 bridgehead atoms. The van der Waals surface area contributed by atoms with Gasteiger partial charge in [-0.1, -0.05) is 30.3 Å². The van der Waals surface area contributed by atoms with E-state index in [0.29, 0.717) is 21.9 Å². The molecular formula is C15H14N4OS. The third-order valence-corrected chi connectivity index (χ3v) is 3.72. The van der Waals surface area contributed by atoms with E-state index in [2.05, 4.69) is 15.0 Å². The van der Waals surface area contributed by atoms with Gasteiger partial charge in [0, 0.05) is 11.6 Å². The largest absolute Gasteiger partial charge is 0.436 e. The second-order valence-electron chi connectivity index (χ2n) is 4.54. The topological polar surface area (TPSA) is 77.8 Å². The van der Waals surface area contributed by atoms with E-state index in [1.807, 2.05) is 44.2 Å². The lowest BCUT2D eigenvalue weighted by molar-refractivity contribution is 0.431. The van der Waals surface area contributed by atoms with Gasteiger partial charge in [-0.2, -0.15) is 0 Å². The minimum atomic E-state index is 0.423. The van der Waals surface area contributed by atoms with Gasteiger partial charge in [-0.25, -0.2) is 15.0 Å². The molecule has 2 heterocycles. The molecule has 3 aromatic rings. The molecule has 0 radical (unpaired) electrons. The zero-order valence-corrected chi connectivity index (χ0v) is 12.5. The zero-order chi connectivity index (χ0) is 14.8. The van der Waals surface area contributed by atoms with E-state index in [-0.39, 0.29) is 0 Å². The Morgan fingerprint density at radius 3 is 2.48 bits per heavy atom. The normalized spacial score (nSPS) is 10.8. The van der Waals surface area contributed by atoms with Crippen molar-refractivity contribution in [1.29, 1.82) is 0 Å². The van der Waals surface area contributed by atoms with Crippen LogP contribution in [-0.2, 0) is 0 Å². The number of aryl methyl sites for hydroxylation is 2. The second-order valence-corrected chi connectivity index (χ2v) is 5.52. The van der Waals surface area contributed by atoms with Crippen molar-refractivity contribution >= 4 is 17.6 Å². The molecule has 5 nitrogen and oxygen atoms in total. The van der Waals surface area contributed by atoms with Crippen LogP contribution in [0, 0.1) is 13.8 Å². The van der Waals surface area contributed by atoms with Crippen LogP contribution in [0.5, 0.6) is 0 Å². The molecule has 0 saturated carbocycles. The Labute approximate surface area is 126 Å². The molecule has 0 atom stereocenters. The molecule has 2 aromatic heterocycles. The highest BCUT2D eigenvalue weighted by Gasteiger charge is 2.11. The Morgan fingerprint density at radius 1 is 1.05 bits per heavy atom. The minimum Gasteiger partial charge on any atom is -0.436 e. The van der Waals surface area contributed by atoms with Gasteiger partial charge in [-0.3, -0.25) is 0 Å². The Kier molecular flexibility index (Phi) is 3.62. The SMILES string of the molecule is Cc1nc(Sc2cc(N)nc(-c3ccccc3)n2)oc1C. The molecule has 0 unspecified atom stereocenters. The Balaban J connectivity index is 1.94. The standard InChI is InChI=1S/C15H14N4OS/c1-9-10(2)20-15(17-9)21-13-8-12(16)18-14(19-13)11-6-4-3-5-7-11/h3-8H,1-2H3,(H2,16,18,19). The van der Waals surface area contributed by atoms with Crippen LogP contribution in [0.4, 0.5) is 5.82 Å². The molecule has 2 N–H and O–H groups in total. The van der Waals surface area contributed by atoms with Gasteiger partial charge >= 0.3 is 0 Å². The first-order chi connectivity index (χ1) is 10.1. The van der Waals surface area contributed by atoms with Crippen molar-refractivity contribution in [3.05, 3.63) is 47.9 Å². The Hall–Kier alpha value is -2.34. The molecule has 1 aromatic carbocycles. The van der Waals surface area contributed by atoms with Crippen LogP contribution >= 0.6 is 11.8 Å². The number of nitrogens with zero attached hydrogens (tertiary/aromatic N) is 3. The summed E-state index contributed by atoms with van der Waals surface area (Å²) in [5.74, 6) is 1.83. The molecule has 0 spiro atoms. The highest BCUT2D eigenvalue weighted by atomic mass is 32.2. The zero-order valence-electron chi connectivity index (χ0n) is 11.7. The number of benzene rings is 1. The summed E-state index contributed by atoms with van der Waals surface area (Å²) in [6.45, 7) is 3.79. The van der Waals surface area contributed by atoms with Crippen LogP contribution in [0.25, 0.3) is 11.4 Å². The van der Waals surface area contributed by atoms with Crippen molar-refractivity contribution < 1.29 is 4.42 Å². The van der Waals surface area contributed by atoms with Gasteiger partial charge < -0.3 is 10.2 Å². The third kappa shape index (κ3) is 3.05. The summed E-state index contributed by atoms with van der Waals surface area (Å²) < 4.78 is 5.55. The van der Waals surface area contributed by atoms with E-state index < -0.39 is 0 Å². The summed E-state index contributed by atoms with van der Waals surface area (Å²) in [5.41, 5.74) is 7.67. The van der Waals surface area contributed by atoms with Gasteiger partial charge in [-0.15, -0.1) is 0 Å². The predicted octanol–water partition coefficient (Wildman–Crippen LogP) is 3.48. The van der Waals surface area contributed by atoms with Crippen LogP contribution in [-0.4, -0.2) is 15.0 Å². The highest BCUT2D eigenvalue weighted by molar-refractivity contribution is 7.99. The molecule has 21 heavy (non-hydrogen) atoms. The lowest BCUT2D eigenvalue weighted by Crippen LogP contribution is -1.97. The molecule has 6 heteroatoms. The minimum absolute atomic E-state index is 0.423. The number of nitrogen functional groups attached to an aromatic ring is 1. The number of hydrogen-bond acceptors (Lipinski definition) is 6. The average molecular weight is 298 g/mol. The first-order valence-corrected chi connectivity index (χ1v) is 7.25. The van der Waals surface area contributed by atoms with Gasteiger partial charge in [-0.05, 0) is 25.6 Å². The van der Waals surface area contributed by atoms with Gasteiger partial charge in [0.2, 0.25) is 0 Å². The van der Waals surface area contributed by atoms with E-state index >= 15 is 0 Å². The van der Waals surface area contributed by atoms with Crippen molar-refractivity contribution in [2.75, 3.05) is 5.73 Å². The van der Waals surface area contributed by atoms with E-state index in [9.17, 15) is 0 Å². The van der Waals surface area contributed by atoms with E-state index in [0.717, 1.165) is 17.0 Å². The summed E-state index contributed by atoms with van der Waals surface area (Å²) in [7, 11) is 0. The Bertz CT molecular complexity index is 751. The van der Waals surface area contributed by atoms with E-state index in [1.54, 1.807) is 6.07 Å². The van der Waals surface area contributed by atoms with E-state index in [1.165, 1.54) is 11.8 Å². The van der Waals surface area contributed by atoms with Crippen LogP contribution in [0.2, 0.25) is 0 Å². The van der Waals surface area contributed by atoms with Crippen molar-refractivity contribution in [3.63, 3.8) is 0 Å². The monoisotopic (exact) mass is 298 g/mol. The maximum absolute atomic E-state index is 5.87. The molecule has 3 rings (SSSR count). The number of rotatable bonds is 3. The molecule has 0 aliphatic carbocycles. The molecular weight excluding hydrogens is 284 g/mol. The summed E-state index contributed by atoms with van der Waals surface area (Å²) in [5, 5.41) is 1.27. The first-order valence-electron chi connectivity index (χ1n) is 6.43. The maximum atomic E-state index is 5.87. The number of hydrogen-bond donors (Lipinski definition) is 1. The maximum Gasteiger partial charge on any atom is 0.262 e. The number of oxazole rings is 1. The van der Waals surface area contributed by atoms with E-state index in [4.69, 9.17) is 10.2 Å². The van der Waals surface area contributed by atoms with Crippen molar-refractivity contribution in [3.8, 4) is 11.4 Å². The third-order valence-electron chi connectivity index (χ3n) is 2.96. The van der Waals surface area contributed by atoms with Crippen molar-refractivity contribution in [2.45, 2.75) is 24.1 Å². The van der Waals surface area contributed by atoms with Crippen LogP contribution < -0.4 is 5.73 Å². The fourth-order valence-electron chi connectivity index (χ4n) is 1.79. The molecule has 0 aliphatic rings. The van der Waals surface area contributed by atoms with Crippen LogP contribution in [0.1, 0.15) is 11.5 Å². The summed E-state index contributed by atoms with van der Waals surface area (Å²) in [6, 6.07) is 11.4. The second kappa shape index (κ2) is 5.57. The summed E-state index contributed by atoms with van der Waals surface area (Å²) in [4.78, 5) is 13.1. The molecule has 0 amide bonds. The van der Waals surface area contributed by atoms with Crippen LogP contribution in [0.3, 0.4) is 0 Å². The van der Waals surface area contributed by atoms with Gasteiger partial charge in [0.1, 0.15) is 16.6 Å². The first kappa shape index (κ1) is 13.6. The van der Waals surface area contributed by atoms with Crippen LogP contribution in [0.15, 0.2) is 51.1 Å². The lowest BCUT2D eigenvalue weighted by atomic mass is 10.2. The fourth-order valence-corrected chi connectivity index (χ4v) is 2.63. The quantitative estimate of drug-likeness (QED) is 0.746.